The summed E-state index contributed by atoms with van der Waals surface area (Å²) in [6.07, 6.45) is 1.15. The molecule has 8 heteroatoms. The maximum absolute atomic E-state index is 10.5. The molecule has 0 bridgehead atoms. The van der Waals surface area contributed by atoms with E-state index >= 15 is 0 Å². The Hall–Kier alpha value is -2.07. The fraction of sp³-hybridized carbons (Fsp3) is 0.429. The Morgan fingerprint density at radius 2 is 2.00 bits per heavy atom. The number of pyridine rings is 1. The van der Waals surface area contributed by atoms with Gasteiger partial charge in [0.25, 0.3) is 0 Å². The number of benzene rings is 1. The van der Waals surface area contributed by atoms with Gasteiger partial charge in [-0.3, -0.25) is 0 Å². The third kappa shape index (κ3) is 8.86. The maximum Gasteiger partial charge on any atom is 0.212 e. The summed E-state index contributed by atoms with van der Waals surface area (Å²) < 4.78 is 10.8. The lowest BCUT2D eigenvalue weighted by molar-refractivity contribution is 0.179. The SMILES string of the molecule is CCNC(=NCc1ccc(OC)nc1)NCC(O)c1cccc(OC(C)C)c1.I. The smallest absolute Gasteiger partial charge is 0.212 e. The number of aliphatic hydroxyl groups is 1. The highest BCUT2D eigenvalue weighted by Gasteiger charge is 2.10. The quantitative estimate of drug-likeness (QED) is 0.271. The largest absolute Gasteiger partial charge is 0.491 e. The van der Waals surface area contributed by atoms with Gasteiger partial charge in [-0.05, 0) is 44.0 Å². The highest BCUT2D eigenvalue weighted by atomic mass is 127. The van der Waals surface area contributed by atoms with Gasteiger partial charge in [0.15, 0.2) is 5.96 Å². The number of ether oxygens (including phenoxy) is 2. The van der Waals surface area contributed by atoms with Crippen molar-refractivity contribution in [3.63, 3.8) is 0 Å². The minimum absolute atomic E-state index is 0. The van der Waals surface area contributed by atoms with Crippen LogP contribution in [0.4, 0.5) is 0 Å². The third-order valence-electron chi connectivity index (χ3n) is 3.85. The normalized spacial score (nSPS) is 12.1. The summed E-state index contributed by atoms with van der Waals surface area (Å²) in [6.45, 7) is 7.47. The van der Waals surface area contributed by atoms with Gasteiger partial charge in [0.2, 0.25) is 5.88 Å². The van der Waals surface area contributed by atoms with Crippen LogP contribution in [0.15, 0.2) is 47.6 Å². The molecule has 0 amide bonds. The fourth-order valence-corrected chi connectivity index (χ4v) is 2.52. The van der Waals surface area contributed by atoms with Crippen molar-refractivity contribution in [1.29, 1.82) is 0 Å². The molecule has 1 atom stereocenters. The molecule has 0 aliphatic heterocycles. The van der Waals surface area contributed by atoms with E-state index in [4.69, 9.17) is 9.47 Å². The Bertz CT molecular complexity index is 754. The van der Waals surface area contributed by atoms with Crippen LogP contribution in [0.25, 0.3) is 0 Å². The lowest BCUT2D eigenvalue weighted by atomic mass is 10.1. The number of guanidine groups is 1. The van der Waals surface area contributed by atoms with E-state index in [0.29, 0.717) is 24.9 Å². The Morgan fingerprint density at radius 1 is 1.21 bits per heavy atom. The Kier molecular flexibility index (Phi) is 11.4. The van der Waals surface area contributed by atoms with Crippen LogP contribution in [0.5, 0.6) is 11.6 Å². The zero-order valence-electron chi connectivity index (χ0n) is 17.4. The van der Waals surface area contributed by atoms with Crippen LogP contribution in [0.3, 0.4) is 0 Å². The Morgan fingerprint density at radius 3 is 2.62 bits per heavy atom. The minimum atomic E-state index is -0.678. The number of aliphatic imine (C=N–C) groups is 1. The fourth-order valence-electron chi connectivity index (χ4n) is 2.52. The molecule has 1 unspecified atom stereocenters. The molecular weight excluding hydrogens is 483 g/mol. The minimum Gasteiger partial charge on any atom is -0.491 e. The van der Waals surface area contributed by atoms with Crippen molar-refractivity contribution in [3.8, 4) is 11.6 Å². The lowest BCUT2D eigenvalue weighted by Crippen LogP contribution is -2.39. The van der Waals surface area contributed by atoms with Gasteiger partial charge in [-0.1, -0.05) is 18.2 Å². The van der Waals surface area contributed by atoms with Crippen molar-refractivity contribution in [3.05, 3.63) is 53.7 Å². The van der Waals surface area contributed by atoms with E-state index in [1.165, 1.54) is 0 Å². The second kappa shape index (κ2) is 13.2. The Balaban J connectivity index is 0.00000420. The number of hydrogen-bond acceptors (Lipinski definition) is 5. The first-order valence-corrected chi connectivity index (χ1v) is 9.47. The molecule has 0 aliphatic rings. The molecule has 0 saturated carbocycles. The van der Waals surface area contributed by atoms with Gasteiger partial charge in [-0.25, -0.2) is 9.98 Å². The van der Waals surface area contributed by atoms with E-state index in [0.717, 1.165) is 23.4 Å². The number of nitrogens with one attached hydrogen (secondary N) is 2. The summed E-state index contributed by atoms with van der Waals surface area (Å²) in [5, 5.41) is 16.9. The summed E-state index contributed by atoms with van der Waals surface area (Å²) in [7, 11) is 1.59. The summed E-state index contributed by atoms with van der Waals surface area (Å²) in [4.78, 5) is 8.72. The van der Waals surface area contributed by atoms with Crippen LogP contribution in [0.1, 0.15) is 38.0 Å². The molecule has 0 saturated heterocycles. The summed E-state index contributed by atoms with van der Waals surface area (Å²) in [5.41, 5.74) is 1.76. The third-order valence-corrected chi connectivity index (χ3v) is 3.85. The average Bonchev–Trinajstić information content (AvgIpc) is 2.70. The number of aromatic nitrogens is 1. The topological polar surface area (TPSA) is 88.0 Å². The number of halogens is 1. The summed E-state index contributed by atoms with van der Waals surface area (Å²) in [5.74, 6) is 1.95. The van der Waals surface area contributed by atoms with Crippen LogP contribution in [0.2, 0.25) is 0 Å². The molecule has 0 radical (unpaired) electrons. The maximum atomic E-state index is 10.5. The Labute approximate surface area is 190 Å². The average molecular weight is 514 g/mol. The van der Waals surface area contributed by atoms with Crippen LogP contribution >= 0.6 is 24.0 Å². The number of methoxy groups -OCH3 is 1. The summed E-state index contributed by atoms with van der Waals surface area (Å²) in [6, 6.07) is 11.2. The predicted octanol–water partition coefficient (Wildman–Crippen LogP) is 3.28. The van der Waals surface area contributed by atoms with Crippen LogP contribution in [0, 0.1) is 0 Å². The number of nitrogens with zero attached hydrogens (tertiary/aromatic N) is 2. The van der Waals surface area contributed by atoms with Gasteiger partial charge >= 0.3 is 0 Å². The monoisotopic (exact) mass is 514 g/mol. The first-order chi connectivity index (χ1) is 13.5. The molecule has 0 spiro atoms. The second-order valence-corrected chi connectivity index (χ2v) is 6.54. The van der Waals surface area contributed by atoms with Crippen molar-refractivity contribution in [2.75, 3.05) is 20.2 Å². The molecule has 29 heavy (non-hydrogen) atoms. The van der Waals surface area contributed by atoms with E-state index in [1.54, 1.807) is 19.4 Å². The van der Waals surface area contributed by atoms with Crippen molar-refractivity contribution in [1.82, 2.24) is 15.6 Å². The molecule has 1 aromatic carbocycles. The molecular formula is C21H31IN4O3. The van der Waals surface area contributed by atoms with Gasteiger partial charge in [0.1, 0.15) is 5.75 Å². The van der Waals surface area contributed by atoms with Crippen molar-refractivity contribution >= 4 is 29.9 Å². The molecule has 1 aromatic heterocycles. The van der Waals surface area contributed by atoms with Crippen molar-refractivity contribution < 1.29 is 14.6 Å². The molecule has 2 rings (SSSR count). The van der Waals surface area contributed by atoms with Gasteiger partial charge in [-0.15, -0.1) is 24.0 Å². The van der Waals surface area contributed by atoms with Gasteiger partial charge < -0.3 is 25.2 Å². The van der Waals surface area contributed by atoms with Crippen LogP contribution in [-0.2, 0) is 6.54 Å². The molecule has 3 N–H and O–H groups in total. The predicted molar refractivity (Wildman–Crippen MR) is 126 cm³/mol. The highest BCUT2D eigenvalue weighted by Crippen LogP contribution is 2.20. The van der Waals surface area contributed by atoms with E-state index in [9.17, 15) is 5.11 Å². The molecule has 0 aliphatic carbocycles. The first kappa shape index (κ1) is 25.0. The highest BCUT2D eigenvalue weighted by molar-refractivity contribution is 14.0. The number of aliphatic hydroxyl groups excluding tert-OH is 1. The van der Waals surface area contributed by atoms with E-state index in [1.807, 2.05) is 51.1 Å². The summed E-state index contributed by atoms with van der Waals surface area (Å²) >= 11 is 0. The van der Waals surface area contributed by atoms with E-state index in [2.05, 4.69) is 20.6 Å². The van der Waals surface area contributed by atoms with Crippen molar-refractivity contribution in [2.24, 2.45) is 4.99 Å². The van der Waals surface area contributed by atoms with Gasteiger partial charge in [-0.2, -0.15) is 0 Å². The van der Waals surface area contributed by atoms with Gasteiger partial charge in [0, 0.05) is 25.4 Å². The second-order valence-electron chi connectivity index (χ2n) is 6.54. The zero-order chi connectivity index (χ0) is 20.4. The molecule has 160 valence electrons. The van der Waals surface area contributed by atoms with E-state index in [-0.39, 0.29) is 30.1 Å². The van der Waals surface area contributed by atoms with Crippen LogP contribution < -0.4 is 20.1 Å². The van der Waals surface area contributed by atoms with Crippen LogP contribution in [-0.4, -0.2) is 42.4 Å². The standard InChI is InChI=1S/C21H30N4O3.HI/c1-5-22-21(24-13-16-9-10-20(27-4)23-12-16)25-14-19(26)17-7-6-8-18(11-17)28-15(2)3;/h6-12,15,19,26H,5,13-14H2,1-4H3,(H2,22,24,25);1H. The molecule has 2 aromatic rings. The number of rotatable bonds is 9. The molecule has 0 fully saturated rings. The molecule has 7 nitrogen and oxygen atoms in total. The van der Waals surface area contributed by atoms with Gasteiger partial charge in [0.05, 0.1) is 25.9 Å². The first-order valence-electron chi connectivity index (χ1n) is 9.47. The number of hydrogen-bond donors (Lipinski definition) is 3. The lowest BCUT2D eigenvalue weighted by Gasteiger charge is -2.17. The van der Waals surface area contributed by atoms with E-state index < -0.39 is 6.10 Å². The zero-order valence-corrected chi connectivity index (χ0v) is 19.7. The van der Waals surface area contributed by atoms with Crippen molar-refractivity contribution in [2.45, 2.75) is 39.5 Å². The molecule has 1 heterocycles.